The molecule has 0 unspecified atom stereocenters. The van der Waals surface area contributed by atoms with Crippen LogP contribution in [0.2, 0.25) is 10.0 Å². The van der Waals surface area contributed by atoms with Crippen LogP contribution in [0.25, 0.3) is 11.1 Å². The second-order valence-electron chi connectivity index (χ2n) is 7.23. The van der Waals surface area contributed by atoms with Gasteiger partial charge in [-0.05, 0) is 66.6 Å². The maximum Gasteiger partial charge on any atom is 0.228 e. The van der Waals surface area contributed by atoms with Crippen molar-refractivity contribution >= 4 is 58.3 Å². The summed E-state index contributed by atoms with van der Waals surface area (Å²) in [6.45, 7) is 0. The van der Waals surface area contributed by atoms with E-state index < -0.39 is 0 Å². The molecule has 4 rings (SSSR count). The molecule has 0 spiro atoms. The van der Waals surface area contributed by atoms with Crippen molar-refractivity contribution in [1.82, 2.24) is 0 Å². The van der Waals surface area contributed by atoms with Crippen molar-refractivity contribution in [1.29, 1.82) is 0 Å². The molecule has 1 N–H and O–H groups in total. The summed E-state index contributed by atoms with van der Waals surface area (Å²) < 4.78 is 0. The normalized spacial score (nSPS) is 13.3. The van der Waals surface area contributed by atoms with E-state index in [9.17, 15) is 4.79 Å². The molecule has 1 saturated carbocycles. The fourth-order valence-corrected chi connectivity index (χ4v) is 5.30. The van der Waals surface area contributed by atoms with Crippen LogP contribution in [0.15, 0.2) is 70.5 Å². The summed E-state index contributed by atoms with van der Waals surface area (Å²) in [6.07, 6.45) is 4.94. The highest BCUT2D eigenvalue weighted by Gasteiger charge is 2.22. The third-order valence-electron chi connectivity index (χ3n) is 4.82. The highest BCUT2D eigenvalue weighted by atomic mass is 35.5. The van der Waals surface area contributed by atoms with Crippen LogP contribution >= 0.6 is 46.7 Å². The van der Waals surface area contributed by atoms with E-state index >= 15 is 0 Å². The van der Waals surface area contributed by atoms with Gasteiger partial charge >= 0.3 is 0 Å². The molecule has 30 heavy (non-hydrogen) atoms. The van der Waals surface area contributed by atoms with Gasteiger partial charge in [-0.1, -0.05) is 47.5 Å². The zero-order valence-electron chi connectivity index (χ0n) is 16.5. The molecule has 0 radical (unpaired) electrons. The predicted molar refractivity (Wildman–Crippen MR) is 131 cm³/mol. The topological polar surface area (TPSA) is 29.1 Å². The van der Waals surface area contributed by atoms with Crippen LogP contribution in [-0.2, 0) is 11.2 Å². The molecule has 0 atom stereocenters. The predicted octanol–water partition coefficient (Wildman–Crippen LogP) is 7.82. The van der Waals surface area contributed by atoms with Crippen LogP contribution in [0.5, 0.6) is 0 Å². The number of benzene rings is 3. The minimum atomic E-state index is -0.103. The Bertz CT molecular complexity index is 1020. The van der Waals surface area contributed by atoms with E-state index in [2.05, 4.69) is 17.4 Å². The Hall–Kier alpha value is -1.59. The zero-order valence-corrected chi connectivity index (χ0v) is 19.6. The second-order valence-corrected chi connectivity index (χ2v) is 10.3. The van der Waals surface area contributed by atoms with E-state index in [-0.39, 0.29) is 5.91 Å². The smallest absolute Gasteiger partial charge is 0.228 e. The molecule has 0 saturated heterocycles. The fourth-order valence-electron chi connectivity index (χ4n) is 3.13. The lowest BCUT2D eigenvalue weighted by molar-refractivity contribution is -0.115. The van der Waals surface area contributed by atoms with Gasteiger partial charge in [0.15, 0.2) is 0 Å². The van der Waals surface area contributed by atoms with Crippen molar-refractivity contribution in [3.8, 4) is 11.1 Å². The minimum absolute atomic E-state index is 0.103. The molecule has 3 aromatic rings. The summed E-state index contributed by atoms with van der Waals surface area (Å²) in [4.78, 5) is 14.9. The number of rotatable bonds is 7. The molecule has 6 heteroatoms. The second kappa shape index (κ2) is 9.69. The third kappa shape index (κ3) is 5.55. The first-order valence-corrected chi connectivity index (χ1v) is 12.6. The van der Waals surface area contributed by atoms with Crippen LogP contribution in [0.1, 0.15) is 18.4 Å². The van der Waals surface area contributed by atoms with Crippen molar-refractivity contribution in [2.45, 2.75) is 34.3 Å². The van der Waals surface area contributed by atoms with Crippen LogP contribution in [0, 0.1) is 0 Å². The first kappa shape index (κ1) is 21.6. The number of thioether (sulfide) groups is 2. The summed E-state index contributed by atoms with van der Waals surface area (Å²) >= 11 is 16.7. The van der Waals surface area contributed by atoms with E-state index in [4.69, 9.17) is 23.2 Å². The molecule has 0 aliphatic heterocycles. The van der Waals surface area contributed by atoms with Gasteiger partial charge in [0.05, 0.1) is 16.5 Å². The van der Waals surface area contributed by atoms with E-state index in [1.54, 1.807) is 23.9 Å². The zero-order chi connectivity index (χ0) is 21.1. The van der Waals surface area contributed by atoms with Gasteiger partial charge in [-0.15, -0.1) is 23.5 Å². The van der Waals surface area contributed by atoms with Crippen molar-refractivity contribution in [2.75, 3.05) is 11.6 Å². The van der Waals surface area contributed by atoms with Crippen LogP contribution in [0.3, 0.4) is 0 Å². The van der Waals surface area contributed by atoms with Crippen molar-refractivity contribution in [3.63, 3.8) is 0 Å². The molecule has 2 nitrogen and oxygen atoms in total. The SMILES string of the molecule is CSc1ccc(CC(=O)Nc2cc(Cl)c(-c3ccc(SC4CC4)cc3)c(Cl)c2)cc1. The molecule has 0 aromatic heterocycles. The molecule has 0 bridgehead atoms. The molecule has 3 aromatic carbocycles. The molecular weight excluding hydrogens is 453 g/mol. The first-order chi connectivity index (χ1) is 14.5. The molecule has 1 amide bonds. The lowest BCUT2D eigenvalue weighted by Crippen LogP contribution is -2.14. The number of hydrogen-bond acceptors (Lipinski definition) is 3. The lowest BCUT2D eigenvalue weighted by Gasteiger charge is -2.12. The fraction of sp³-hybridized carbons (Fsp3) is 0.208. The Balaban J connectivity index is 1.45. The quantitative estimate of drug-likeness (QED) is 0.354. The number of anilines is 1. The van der Waals surface area contributed by atoms with Gasteiger partial charge in [-0.25, -0.2) is 0 Å². The van der Waals surface area contributed by atoms with Crippen LogP contribution < -0.4 is 5.32 Å². The van der Waals surface area contributed by atoms with E-state index in [1.807, 2.05) is 54.4 Å². The maximum atomic E-state index is 12.4. The van der Waals surface area contributed by atoms with Crippen molar-refractivity contribution in [3.05, 3.63) is 76.3 Å². The Kier molecular flexibility index (Phi) is 6.99. The number of carbonyl (C=O) groups is 1. The maximum absolute atomic E-state index is 12.4. The summed E-state index contributed by atoms with van der Waals surface area (Å²) in [6, 6.07) is 19.8. The van der Waals surface area contributed by atoms with Gasteiger partial charge in [0.25, 0.3) is 0 Å². The average Bonchev–Trinajstić information content (AvgIpc) is 3.53. The van der Waals surface area contributed by atoms with E-state index in [0.29, 0.717) is 22.2 Å². The third-order valence-corrected chi connectivity index (χ3v) is 7.51. The van der Waals surface area contributed by atoms with Gasteiger partial charge in [0.2, 0.25) is 5.91 Å². The Morgan fingerprint density at radius 1 is 0.967 bits per heavy atom. The standard InChI is InChI=1S/C24H21Cl2NOS2/c1-29-18-6-2-15(3-7-18)12-23(28)27-17-13-21(25)24(22(26)14-17)16-4-8-19(9-5-16)30-20-10-11-20/h2-9,13-14,20H,10-12H2,1H3,(H,27,28). The highest BCUT2D eigenvalue weighted by Crippen LogP contribution is 2.41. The van der Waals surface area contributed by atoms with Gasteiger partial charge < -0.3 is 5.32 Å². The molecular formula is C24H21Cl2NOS2. The molecule has 1 aliphatic carbocycles. The molecule has 0 heterocycles. The lowest BCUT2D eigenvalue weighted by atomic mass is 10.0. The number of hydrogen-bond donors (Lipinski definition) is 1. The van der Waals surface area contributed by atoms with Gasteiger partial charge in [-0.2, -0.15) is 0 Å². The van der Waals surface area contributed by atoms with Gasteiger partial charge in [0.1, 0.15) is 0 Å². The molecule has 1 fully saturated rings. The summed E-state index contributed by atoms with van der Waals surface area (Å²) in [7, 11) is 0. The number of carbonyl (C=O) groups excluding carboxylic acids is 1. The Labute approximate surface area is 195 Å². The van der Waals surface area contributed by atoms with Crippen LogP contribution in [0.4, 0.5) is 5.69 Å². The average molecular weight is 474 g/mol. The van der Waals surface area contributed by atoms with Crippen molar-refractivity contribution < 1.29 is 4.79 Å². The van der Waals surface area contributed by atoms with E-state index in [1.165, 1.54) is 22.6 Å². The number of halogens is 2. The monoisotopic (exact) mass is 473 g/mol. The van der Waals surface area contributed by atoms with Gasteiger partial charge in [-0.3, -0.25) is 4.79 Å². The molecule has 1 aliphatic rings. The van der Waals surface area contributed by atoms with Gasteiger partial charge in [0, 0.05) is 26.3 Å². The Morgan fingerprint density at radius 3 is 2.13 bits per heavy atom. The van der Waals surface area contributed by atoms with E-state index in [0.717, 1.165) is 21.9 Å². The van der Waals surface area contributed by atoms with Crippen LogP contribution in [-0.4, -0.2) is 17.4 Å². The minimum Gasteiger partial charge on any atom is -0.326 e. The number of nitrogens with one attached hydrogen (secondary N) is 1. The Morgan fingerprint density at radius 2 is 1.57 bits per heavy atom. The summed E-state index contributed by atoms with van der Waals surface area (Å²) in [5.74, 6) is -0.103. The van der Waals surface area contributed by atoms with Crippen molar-refractivity contribution in [2.24, 2.45) is 0 Å². The molecule has 154 valence electrons. The number of amides is 1. The summed E-state index contributed by atoms with van der Waals surface area (Å²) in [5.41, 5.74) is 3.31. The first-order valence-electron chi connectivity index (χ1n) is 9.71. The largest absolute Gasteiger partial charge is 0.326 e. The highest BCUT2D eigenvalue weighted by molar-refractivity contribution is 8.00. The summed E-state index contributed by atoms with van der Waals surface area (Å²) in [5, 5.41) is 4.71.